The van der Waals surface area contributed by atoms with E-state index in [0.717, 1.165) is 29.6 Å². The van der Waals surface area contributed by atoms with E-state index in [0.29, 0.717) is 17.5 Å². The fourth-order valence-electron chi connectivity index (χ4n) is 12.3. The second kappa shape index (κ2) is 35.1. The van der Waals surface area contributed by atoms with E-state index in [9.17, 15) is 54.0 Å². The fourth-order valence-corrected chi connectivity index (χ4v) is 13.9. The highest BCUT2D eigenvalue weighted by Crippen LogP contribution is 2.48. The number of fused-ring (bicyclic) bond motifs is 3. The van der Waals surface area contributed by atoms with Crippen LogP contribution in [0.3, 0.4) is 0 Å². The Morgan fingerprint density at radius 1 is 0.500 bits per heavy atom. The van der Waals surface area contributed by atoms with Gasteiger partial charge in [-0.25, -0.2) is 57.1 Å². The van der Waals surface area contributed by atoms with Crippen LogP contribution in [0.15, 0.2) is 69.9 Å². The van der Waals surface area contributed by atoms with Gasteiger partial charge in [0.2, 0.25) is 0 Å². The van der Waals surface area contributed by atoms with Crippen molar-refractivity contribution in [1.82, 2.24) is 74.9 Å². The molecule has 0 unspecified atom stereocenters. The molecule has 0 spiro atoms. The Morgan fingerprint density at radius 3 is 1.26 bits per heavy atom. The maximum Gasteiger partial charge on any atom is 0.191 e. The molecule has 6 aromatic heterocycles. The van der Waals surface area contributed by atoms with E-state index < -0.39 is 244 Å². The number of hydrogen-bond acceptors (Lipinski definition) is 30. The normalized spacial score (nSPS) is 34.8. The van der Waals surface area contributed by atoms with Gasteiger partial charge in [-0.15, -0.1) is 15.3 Å². The zero-order valence-electron chi connectivity index (χ0n) is 86.0. The lowest BCUT2D eigenvalue weighted by Gasteiger charge is -2.17. The first-order chi connectivity index (χ1) is 62.7. The van der Waals surface area contributed by atoms with Gasteiger partial charge in [-0.3, -0.25) is 0 Å². The van der Waals surface area contributed by atoms with Gasteiger partial charge in [0.25, 0.3) is 0 Å². The summed E-state index contributed by atoms with van der Waals surface area (Å²) >= 11 is 1.89. The van der Waals surface area contributed by atoms with Crippen LogP contribution in [-0.2, 0) is 14.2 Å². The molecule has 0 aliphatic heterocycles. The molecule has 12 N–H and O–H groups in total. The molecule has 6 aliphatic carbocycles. The smallest absolute Gasteiger partial charge is 0.191 e. The molecule has 0 bridgehead atoms. The summed E-state index contributed by atoms with van der Waals surface area (Å²) in [6.45, 7) is -2.81. The van der Waals surface area contributed by atoms with Crippen LogP contribution in [0, 0.1) is 38.2 Å². The number of halogens is 3. The average molecular weight is 1580 g/mol. The van der Waals surface area contributed by atoms with Crippen molar-refractivity contribution < 1.29 is 112 Å². The van der Waals surface area contributed by atoms with Gasteiger partial charge in [0.15, 0.2) is 66.4 Å². The fraction of sp³-hybridized carbons (Fsp3) is 0.583. The first-order valence-corrected chi connectivity index (χ1v) is 36.4. The van der Waals surface area contributed by atoms with Crippen molar-refractivity contribution in [1.29, 1.82) is 0 Å². The van der Waals surface area contributed by atoms with Gasteiger partial charge < -0.3 is 76.1 Å². The van der Waals surface area contributed by atoms with E-state index >= 15 is 0 Å². The lowest BCUT2D eigenvalue weighted by molar-refractivity contribution is -0.0629. The molecule has 9 aromatic rings. The number of ether oxygens (including phenoxy) is 3. The predicted octanol–water partition coefficient (Wildman–Crippen LogP) is 6.55. The first-order valence-electron chi connectivity index (χ1n) is 47.7. The van der Waals surface area contributed by atoms with E-state index in [1.165, 1.54) is 37.2 Å². The Kier molecular flexibility index (Phi) is 16.5. The highest BCUT2D eigenvalue weighted by Gasteiger charge is 2.49. The van der Waals surface area contributed by atoms with Crippen LogP contribution in [-0.4, -0.2) is 250 Å². The maximum atomic E-state index is 14.7. The van der Waals surface area contributed by atoms with Crippen LogP contribution in [0.1, 0.15) is 186 Å². The van der Waals surface area contributed by atoms with Crippen molar-refractivity contribution in [3.05, 3.63) is 105 Å². The summed E-state index contributed by atoms with van der Waals surface area (Å²) in [5.41, 5.74) is -6.84. The average Bonchev–Trinajstić information content (AvgIpc) is 1.50. The van der Waals surface area contributed by atoms with E-state index in [4.69, 9.17) is 57.7 Å². The number of nitrogens with one attached hydrogen (secondary N) is 3. The Morgan fingerprint density at radius 2 is 0.880 bits per heavy atom. The molecule has 0 amide bonds. The van der Waals surface area contributed by atoms with Crippen LogP contribution in [0.5, 0.6) is 0 Å². The van der Waals surface area contributed by atoms with Gasteiger partial charge >= 0.3 is 0 Å². The molecule has 3 aromatic carbocycles. The zero-order chi connectivity index (χ0) is 101. The minimum atomic E-state index is -3.47. The lowest BCUT2D eigenvalue weighted by Crippen LogP contribution is -2.33. The van der Waals surface area contributed by atoms with E-state index in [-0.39, 0.29) is 150 Å². The summed E-state index contributed by atoms with van der Waals surface area (Å²) in [6, 6.07) is -13.5. The quantitative estimate of drug-likeness (QED) is 0.0168. The van der Waals surface area contributed by atoms with Gasteiger partial charge in [-0.2, -0.15) is 0 Å². The standard InChI is InChI=1S/3C24H31FN6O4S/c3*1-3-8-36-24-27-22(26-16-10-14(16)13-5-4-12(2)15(25)9-13)19-23(28-24)31(30-29-19)17-11-18(35-7-6-32)21(34)20(17)33/h3*4-5,9,14,16-18,20-21,32-34H,3,6-8,10-11H2,1-2H3,(H,26,27,28)/t3*14-,16+,17+,18-,20-,21+/m000/s1/i3D2,4D,5D,6D2,7D2,8D2,9D,16D;3D2,4D,5D,7D2,8D2,9D,16D;4D,5D,9D,10D2,16D. The monoisotopic (exact) mass is 1580 g/mol. The Hall–Kier alpha value is -7.14. The van der Waals surface area contributed by atoms with E-state index in [2.05, 4.69) is 76.8 Å². The van der Waals surface area contributed by atoms with Crippen molar-refractivity contribution in [2.45, 2.75) is 224 Å². The summed E-state index contributed by atoms with van der Waals surface area (Å²) in [4.78, 5) is 26.1. The molecule has 18 atom stereocenters. The summed E-state index contributed by atoms with van der Waals surface area (Å²) in [5, 5.41) is 124. The molecular weight excluding hydrogens is 1460 g/mol. The van der Waals surface area contributed by atoms with Crippen molar-refractivity contribution in [3.8, 4) is 0 Å². The first kappa shape index (κ1) is 50.7. The van der Waals surface area contributed by atoms with E-state index in [1.54, 1.807) is 0 Å². The van der Waals surface area contributed by atoms with Crippen LogP contribution >= 0.6 is 35.3 Å². The molecule has 0 saturated heterocycles. The SMILES string of the molecule is [2H]c1c([2H])c([C@@H]2C([2H])([2H])[C@@]2([2H])Nc2nc(SCCC)nc3c2nnn3[C@@H]2C[C@H](OCCO)[C@@H](O)[C@H]2O)c([2H])c(F)c1C.[2H]c1c([2H])c([C@@H]2C[C@@]2([2H])Nc2nc(SC([2H])([2H])C([2H])([2H])C)nc3c2nnn3[C@@H]2C[C@H](OC([2H])([2H])C([2H])([2H])O)[C@@H](O)[C@H]2O)c([2H])c(F)c1C.[2H]c1c([2H])c([C@@H]2C[C@@]2([2H])Nc2nc(SC([2H])([2H])C([2H])([2H])C)nc3c2nnn3[C@@H]2C[C@H](OC([2H])([2H])CO)[C@@H](O)[C@H]2O)c([2H])c(F)c1C. The largest absolute Gasteiger partial charge is 0.394 e. The van der Waals surface area contributed by atoms with Crippen molar-refractivity contribution in [2.75, 3.05) is 72.6 Å². The van der Waals surface area contributed by atoms with Crippen LogP contribution in [0.2, 0.25) is 0 Å². The highest BCUT2D eigenvalue weighted by molar-refractivity contribution is 7.99. The van der Waals surface area contributed by atoms with Crippen molar-refractivity contribution in [3.63, 3.8) is 0 Å². The second-order valence-corrected chi connectivity index (χ2v) is 28.0. The van der Waals surface area contributed by atoms with Gasteiger partial charge in [-0.1, -0.05) is 108 Å². The molecule has 6 aliphatic rings. The van der Waals surface area contributed by atoms with Crippen molar-refractivity contribution in [2.24, 2.45) is 0 Å². The van der Waals surface area contributed by atoms with Gasteiger partial charge in [0.05, 0.1) is 101 Å². The molecule has 6 heterocycles. The third kappa shape index (κ3) is 17.5. The summed E-state index contributed by atoms with van der Waals surface area (Å²) in [7, 11) is 0. The maximum absolute atomic E-state index is 14.7. The minimum absolute atomic E-state index is 0.0330. The summed E-state index contributed by atoms with van der Waals surface area (Å²) in [6.07, 6.45) is -19.9. The number of hydrogen-bond donors (Lipinski definition) is 12. The molecule has 0 radical (unpaired) electrons. The van der Waals surface area contributed by atoms with Crippen LogP contribution in [0.25, 0.3) is 33.5 Å². The number of benzene rings is 3. The molecule has 108 heavy (non-hydrogen) atoms. The van der Waals surface area contributed by atoms with Gasteiger partial charge in [0.1, 0.15) is 54.1 Å². The molecule has 36 heteroatoms. The second-order valence-electron chi connectivity index (χ2n) is 25.4. The Balaban J connectivity index is 0.000000173. The molecule has 15 rings (SSSR count). The highest BCUT2D eigenvalue weighted by atomic mass is 32.2. The topological polar surface area (TPSA) is 415 Å². The lowest BCUT2D eigenvalue weighted by atomic mass is 10.1. The molecule has 30 nitrogen and oxygen atoms in total. The van der Waals surface area contributed by atoms with E-state index in [1.807, 2.05) is 6.92 Å². The molecule has 582 valence electrons. The third-order valence-electron chi connectivity index (χ3n) is 18.1. The number of nitrogens with zero attached hydrogens (tertiary/aromatic N) is 15. The predicted molar refractivity (Wildman–Crippen MR) is 398 cm³/mol. The van der Waals surface area contributed by atoms with Crippen LogP contribution in [0.4, 0.5) is 30.6 Å². The number of aliphatic hydroxyl groups excluding tert-OH is 8. The number of anilines is 3. The van der Waals surface area contributed by atoms with Crippen molar-refractivity contribution >= 4 is 86.2 Å². The summed E-state index contributed by atoms with van der Waals surface area (Å²) in [5.74, 6) is -6.23. The molecular formula is C72H93F3N18O12S3. The number of aromatic nitrogens is 15. The minimum Gasteiger partial charge on any atom is -0.394 e. The number of aliphatic hydroxyl groups is 9. The number of rotatable bonds is 30. The third-order valence-corrected chi connectivity index (χ3v) is 20.5. The van der Waals surface area contributed by atoms with Gasteiger partial charge in [0, 0.05) is 85.9 Å². The molecule has 6 saturated carbocycles. The summed E-state index contributed by atoms with van der Waals surface area (Å²) < 4.78 is 291. The molecule has 6 fully saturated rings. The Labute approximate surface area is 672 Å². The van der Waals surface area contributed by atoms with Gasteiger partial charge in [-0.05, 0) is 111 Å². The Bertz CT molecular complexity index is 6010. The van der Waals surface area contributed by atoms with Crippen LogP contribution < -0.4 is 16.0 Å². The number of thioether (sulfide) groups is 3. The zero-order valence-corrected chi connectivity index (χ0v) is 60.5.